The summed E-state index contributed by atoms with van der Waals surface area (Å²) in [6, 6.07) is 7.63. The second-order valence-corrected chi connectivity index (χ2v) is 6.54. The van der Waals surface area contributed by atoms with Crippen LogP contribution in [0, 0.1) is 17.3 Å². The van der Waals surface area contributed by atoms with E-state index in [4.69, 9.17) is 5.11 Å². The molecule has 0 radical (unpaired) electrons. The lowest BCUT2D eigenvalue weighted by atomic mass is 10.1. The summed E-state index contributed by atoms with van der Waals surface area (Å²) in [5.74, 6) is -2.18. The van der Waals surface area contributed by atoms with E-state index in [1.165, 1.54) is 0 Å². The van der Waals surface area contributed by atoms with E-state index in [0.29, 0.717) is 5.69 Å². The summed E-state index contributed by atoms with van der Waals surface area (Å²) in [6.07, 6.45) is 0. The predicted octanol–water partition coefficient (Wildman–Crippen LogP) is 2.04. The van der Waals surface area contributed by atoms with Gasteiger partial charge in [0.15, 0.2) is 0 Å². The first-order valence-electron chi connectivity index (χ1n) is 7.01. The molecule has 2 N–H and O–H groups in total. The Morgan fingerprint density at radius 3 is 2.48 bits per heavy atom. The molecule has 2 rings (SSSR count). The van der Waals surface area contributed by atoms with Crippen molar-refractivity contribution in [3.63, 3.8) is 0 Å². The first kappa shape index (κ1) is 15.5. The summed E-state index contributed by atoms with van der Waals surface area (Å²) in [5, 5.41) is 12.0. The maximum atomic E-state index is 12.3. The minimum absolute atomic E-state index is 0.214. The van der Waals surface area contributed by atoms with E-state index in [-0.39, 0.29) is 5.91 Å². The van der Waals surface area contributed by atoms with Gasteiger partial charge in [-0.3, -0.25) is 9.59 Å². The summed E-state index contributed by atoms with van der Waals surface area (Å²) in [7, 11) is 3.96. The average molecular weight is 290 g/mol. The van der Waals surface area contributed by atoms with Gasteiger partial charge in [-0.25, -0.2) is 0 Å². The van der Waals surface area contributed by atoms with Crippen LogP contribution < -0.4 is 5.32 Å². The summed E-state index contributed by atoms with van der Waals surface area (Å²) in [6.45, 7) is 4.42. The molecule has 1 fully saturated rings. The van der Waals surface area contributed by atoms with Crippen LogP contribution in [0.15, 0.2) is 24.3 Å². The van der Waals surface area contributed by atoms with E-state index < -0.39 is 23.2 Å². The molecule has 0 aromatic heterocycles. The van der Waals surface area contributed by atoms with E-state index in [1.807, 2.05) is 57.1 Å². The Kier molecular flexibility index (Phi) is 4.05. The fraction of sp³-hybridized carbons (Fsp3) is 0.500. The van der Waals surface area contributed by atoms with Gasteiger partial charge in [-0.1, -0.05) is 26.0 Å². The van der Waals surface area contributed by atoms with Crippen molar-refractivity contribution in [1.29, 1.82) is 0 Å². The third kappa shape index (κ3) is 3.24. The molecule has 0 spiro atoms. The molecule has 0 unspecified atom stereocenters. The summed E-state index contributed by atoms with van der Waals surface area (Å²) in [4.78, 5) is 25.4. The maximum Gasteiger partial charge on any atom is 0.307 e. The fourth-order valence-corrected chi connectivity index (χ4v) is 2.92. The SMILES string of the molecule is CN(C)Cc1cccc(NC(=O)[C@H]2[C@@H](C(=O)O)C2(C)C)c1. The number of benzene rings is 1. The van der Waals surface area contributed by atoms with E-state index in [9.17, 15) is 9.59 Å². The highest BCUT2D eigenvalue weighted by Gasteiger charge is 2.65. The van der Waals surface area contributed by atoms with Gasteiger partial charge in [0, 0.05) is 12.2 Å². The summed E-state index contributed by atoms with van der Waals surface area (Å²) < 4.78 is 0. The minimum atomic E-state index is -0.901. The van der Waals surface area contributed by atoms with Gasteiger partial charge in [-0.05, 0) is 37.2 Å². The number of rotatable bonds is 5. The molecule has 114 valence electrons. The molecule has 1 aromatic carbocycles. The zero-order valence-electron chi connectivity index (χ0n) is 12.9. The molecule has 1 aliphatic carbocycles. The number of aliphatic carboxylic acids is 1. The number of amides is 1. The molecular weight excluding hydrogens is 268 g/mol. The van der Waals surface area contributed by atoms with Crippen LogP contribution in [0.25, 0.3) is 0 Å². The van der Waals surface area contributed by atoms with E-state index in [1.54, 1.807) is 0 Å². The third-order valence-electron chi connectivity index (χ3n) is 4.07. The quantitative estimate of drug-likeness (QED) is 0.870. The fourth-order valence-electron chi connectivity index (χ4n) is 2.92. The molecule has 2 atom stereocenters. The molecule has 0 saturated heterocycles. The van der Waals surface area contributed by atoms with Crippen molar-refractivity contribution in [2.24, 2.45) is 17.3 Å². The Morgan fingerprint density at radius 2 is 1.95 bits per heavy atom. The monoisotopic (exact) mass is 290 g/mol. The van der Waals surface area contributed by atoms with Gasteiger partial charge >= 0.3 is 5.97 Å². The minimum Gasteiger partial charge on any atom is -0.481 e. The van der Waals surface area contributed by atoms with Gasteiger partial charge < -0.3 is 15.3 Å². The second kappa shape index (κ2) is 5.48. The van der Waals surface area contributed by atoms with Crippen molar-refractivity contribution in [1.82, 2.24) is 4.90 Å². The zero-order chi connectivity index (χ0) is 15.8. The molecule has 0 aliphatic heterocycles. The third-order valence-corrected chi connectivity index (χ3v) is 4.07. The van der Waals surface area contributed by atoms with E-state index >= 15 is 0 Å². The van der Waals surface area contributed by atoms with Crippen LogP contribution in [-0.2, 0) is 16.1 Å². The Hall–Kier alpha value is -1.88. The van der Waals surface area contributed by atoms with Crippen LogP contribution in [-0.4, -0.2) is 36.0 Å². The highest BCUT2D eigenvalue weighted by molar-refractivity contribution is 5.99. The first-order valence-corrected chi connectivity index (χ1v) is 7.01. The van der Waals surface area contributed by atoms with Crippen molar-refractivity contribution >= 4 is 17.6 Å². The number of hydrogen-bond donors (Lipinski definition) is 2. The van der Waals surface area contributed by atoms with Crippen molar-refractivity contribution in [2.45, 2.75) is 20.4 Å². The lowest BCUT2D eigenvalue weighted by molar-refractivity contribution is -0.140. The smallest absolute Gasteiger partial charge is 0.307 e. The standard InChI is InChI=1S/C16H22N2O3/c1-16(2)12(13(16)15(20)21)14(19)17-11-7-5-6-10(8-11)9-18(3)4/h5-8,12-13H,9H2,1-4H3,(H,17,19)(H,20,21)/t12-,13+/m1/s1. The number of hydrogen-bond acceptors (Lipinski definition) is 3. The van der Waals surface area contributed by atoms with Crippen LogP contribution in [0.5, 0.6) is 0 Å². The average Bonchev–Trinajstić information content (AvgIpc) is 2.92. The number of carbonyl (C=O) groups is 2. The van der Waals surface area contributed by atoms with Gasteiger partial charge in [-0.2, -0.15) is 0 Å². The number of nitrogens with one attached hydrogen (secondary N) is 1. The van der Waals surface area contributed by atoms with Crippen molar-refractivity contribution in [2.75, 3.05) is 19.4 Å². The number of carbonyl (C=O) groups excluding carboxylic acids is 1. The van der Waals surface area contributed by atoms with Crippen LogP contribution in [0.2, 0.25) is 0 Å². The number of carboxylic acid groups (broad SMARTS) is 1. The molecule has 1 amide bonds. The maximum absolute atomic E-state index is 12.3. The molecule has 1 aromatic rings. The van der Waals surface area contributed by atoms with Gasteiger partial charge in [0.2, 0.25) is 5.91 Å². The number of nitrogens with zero attached hydrogens (tertiary/aromatic N) is 1. The van der Waals surface area contributed by atoms with Gasteiger partial charge in [0.1, 0.15) is 0 Å². The summed E-state index contributed by atoms with van der Waals surface area (Å²) >= 11 is 0. The van der Waals surface area contributed by atoms with Gasteiger partial charge in [0.25, 0.3) is 0 Å². The number of carboxylic acids is 1. The molecular formula is C16H22N2O3. The Balaban J connectivity index is 2.06. The highest BCUT2D eigenvalue weighted by atomic mass is 16.4. The lowest BCUT2D eigenvalue weighted by Gasteiger charge is -2.11. The molecule has 5 heteroatoms. The molecule has 0 heterocycles. The van der Waals surface area contributed by atoms with Crippen LogP contribution in [0.1, 0.15) is 19.4 Å². The predicted molar refractivity (Wildman–Crippen MR) is 80.9 cm³/mol. The summed E-state index contributed by atoms with van der Waals surface area (Å²) in [5.41, 5.74) is 1.34. The molecule has 21 heavy (non-hydrogen) atoms. The van der Waals surface area contributed by atoms with Crippen molar-refractivity contribution in [3.05, 3.63) is 29.8 Å². The molecule has 1 saturated carbocycles. The highest BCUT2D eigenvalue weighted by Crippen LogP contribution is 2.58. The van der Waals surface area contributed by atoms with Crippen molar-refractivity contribution in [3.8, 4) is 0 Å². The zero-order valence-corrected chi connectivity index (χ0v) is 12.9. The Bertz CT molecular complexity index is 566. The topological polar surface area (TPSA) is 69.6 Å². The molecule has 1 aliphatic rings. The van der Waals surface area contributed by atoms with E-state index in [2.05, 4.69) is 5.32 Å². The van der Waals surface area contributed by atoms with Crippen LogP contribution >= 0.6 is 0 Å². The normalized spacial score (nSPS) is 22.9. The lowest BCUT2D eigenvalue weighted by Crippen LogP contribution is -2.18. The van der Waals surface area contributed by atoms with Gasteiger partial charge in [0.05, 0.1) is 11.8 Å². The van der Waals surface area contributed by atoms with Gasteiger partial charge in [-0.15, -0.1) is 0 Å². The number of anilines is 1. The second-order valence-electron chi connectivity index (χ2n) is 6.54. The van der Waals surface area contributed by atoms with Crippen LogP contribution in [0.3, 0.4) is 0 Å². The first-order chi connectivity index (χ1) is 9.73. The molecule has 5 nitrogen and oxygen atoms in total. The van der Waals surface area contributed by atoms with Crippen molar-refractivity contribution < 1.29 is 14.7 Å². The van der Waals surface area contributed by atoms with E-state index in [0.717, 1.165) is 12.1 Å². The Morgan fingerprint density at radius 1 is 1.29 bits per heavy atom. The molecule has 0 bridgehead atoms. The van der Waals surface area contributed by atoms with Crippen LogP contribution in [0.4, 0.5) is 5.69 Å². The Labute approximate surface area is 125 Å². The largest absolute Gasteiger partial charge is 0.481 e.